The molecular weight excluding hydrogens is 350 g/mol. The Morgan fingerprint density at radius 3 is 2.58 bits per heavy atom. The Labute approximate surface area is 158 Å². The van der Waals surface area contributed by atoms with Gasteiger partial charge < -0.3 is 5.32 Å². The summed E-state index contributed by atoms with van der Waals surface area (Å²) < 4.78 is 0. The maximum absolute atomic E-state index is 11.9. The molecule has 0 unspecified atom stereocenters. The Morgan fingerprint density at radius 2 is 1.81 bits per heavy atom. The number of amides is 3. The highest BCUT2D eigenvalue weighted by Crippen LogP contribution is 2.28. The van der Waals surface area contributed by atoms with Gasteiger partial charge in [0.15, 0.2) is 0 Å². The lowest BCUT2D eigenvalue weighted by atomic mass is 9.96. The fourth-order valence-electron chi connectivity index (χ4n) is 3.86. The smallest absolute Gasteiger partial charge is 0.321 e. The molecule has 0 spiro atoms. The van der Waals surface area contributed by atoms with Crippen LogP contribution in [0.4, 0.5) is 4.79 Å². The third-order valence-electron chi connectivity index (χ3n) is 5.30. The zero-order valence-corrected chi connectivity index (χ0v) is 16.1. The van der Waals surface area contributed by atoms with Crippen LogP contribution in [0, 0.1) is 5.92 Å². The zero-order chi connectivity index (χ0) is 18.2. The van der Waals surface area contributed by atoms with Crippen LogP contribution in [0.1, 0.15) is 70.0 Å². The van der Waals surface area contributed by atoms with E-state index in [1.165, 1.54) is 43.9 Å². The molecule has 0 radical (unpaired) electrons. The molecule has 1 aromatic rings. The van der Waals surface area contributed by atoms with Crippen molar-refractivity contribution in [1.29, 1.82) is 0 Å². The monoisotopic (exact) mass is 379 g/mol. The minimum absolute atomic E-state index is 0.137. The van der Waals surface area contributed by atoms with Gasteiger partial charge in [-0.05, 0) is 25.2 Å². The highest BCUT2D eigenvalue weighted by atomic mass is 32.2. The van der Waals surface area contributed by atoms with Crippen LogP contribution < -0.4 is 10.6 Å². The van der Waals surface area contributed by atoms with Crippen molar-refractivity contribution in [3.63, 3.8) is 0 Å². The van der Waals surface area contributed by atoms with Gasteiger partial charge in [-0.2, -0.15) is 0 Å². The lowest BCUT2D eigenvalue weighted by molar-refractivity contribution is -0.117. The molecule has 1 heterocycles. The molecule has 2 aliphatic carbocycles. The number of nitrogens with zero attached hydrogens (tertiary/aromatic N) is 2. The number of aryl methyl sites for hydroxylation is 1. The fourth-order valence-corrected chi connectivity index (χ4v) is 4.47. The van der Waals surface area contributed by atoms with E-state index < -0.39 is 6.03 Å². The summed E-state index contributed by atoms with van der Waals surface area (Å²) in [7, 11) is 0. The van der Waals surface area contributed by atoms with Crippen LogP contribution in [0.5, 0.6) is 0 Å². The van der Waals surface area contributed by atoms with Gasteiger partial charge in [0.2, 0.25) is 11.1 Å². The Balaban J connectivity index is 1.32. The van der Waals surface area contributed by atoms with Gasteiger partial charge in [0.1, 0.15) is 5.82 Å². The second-order valence-corrected chi connectivity index (χ2v) is 8.34. The number of carbonyl (C=O) groups excluding carboxylic acids is 2. The largest absolute Gasteiger partial charge is 0.335 e. The topological polar surface area (TPSA) is 99.8 Å². The van der Waals surface area contributed by atoms with E-state index in [0.717, 1.165) is 50.3 Å². The van der Waals surface area contributed by atoms with Gasteiger partial charge in [0.25, 0.3) is 0 Å². The van der Waals surface area contributed by atoms with E-state index in [1.54, 1.807) is 0 Å². The number of carbonyl (C=O) groups is 2. The molecule has 26 heavy (non-hydrogen) atoms. The SMILES string of the molecule is O=C(CSc1n[nH]c(CCC2CCCC2)n1)NC(=O)NC1CCCCC1. The molecule has 0 aromatic carbocycles. The lowest BCUT2D eigenvalue weighted by Crippen LogP contribution is -2.45. The van der Waals surface area contributed by atoms with E-state index >= 15 is 0 Å². The number of imide groups is 1. The summed E-state index contributed by atoms with van der Waals surface area (Å²) in [5.41, 5.74) is 0. The molecule has 3 amide bonds. The molecule has 2 saturated carbocycles. The molecule has 0 bridgehead atoms. The van der Waals surface area contributed by atoms with Gasteiger partial charge in [0.05, 0.1) is 5.75 Å². The summed E-state index contributed by atoms with van der Waals surface area (Å²) in [6, 6.07) is -0.200. The highest BCUT2D eigenvalue weighted by Gasteiger charge is 2.18. The van der Waals surface area contributed by atoms with Gasteiger partial charge >= 0.3 is 6.03 Å². The summed E-state index contributed by atoms with van der Waals surface area (Å²) in [6.45, 7) is 0. The maximum atomic E-state index is 11.9. The summed E-state index contributed by atoms with van der Waals surface area (Å²) in [5, 5.41) is 12.9. The number of aromatic amines is 1. The van der Waals surface area contributed by atoms with Crippen LogP contribution in [0.25, 0.3) is 0 Å². The number of aromatic nitrogens is 3. The fraction of sp³-hybridized carbons (Fsp3) is 0.778. The quantitative estimate of drug-likeness (QED) is 0.632. The van der Waals surface area contributed by atoms with Crippen LogP contribution in [0.15, 0.2) is 5.16 Å². The minimum atomic E-state index is -0.394. The average molecular weight is 380 g/mol. The van der Waals surface area contributed by atoms with Crippen molar-refractivity contribution in [2.24, 2.45) is 5.92 Å². The Kier molecular flexibility index (Phi) is 7.34. The van der Waals surface area contributed by atoms with Gasteiger partial charge in [-0.3, -0.25) is 15.2 Å². The number of hydrogen-bond donors (Lipinski definition) is 3. The second-order valence-electron chi connectivity index (χ2n) is 7.40. The summed E-state index contributed by atoms with van der Waals surface area (Å²) in [5.74, 6) is 1.53. The molecule has 0 atom stereocenters. The van der Waals surface area contributed by atoms with Crippen LogP contribution in [0.2, 0.25) is 0 Å². The van der Waals surface area contributed by atoms with Gasteiger partial charge in [-0.1, -0.05) is 56.7 Å². The molecule has 8 heteroatoms. The van der Waals surface area contributed by atoms with Crippen LogP contribution in [-0.2, 0) is 11.2 Å². The third-order valence-corrected chi connectivity index (χ3v) is 6.15. The Hall–Kier alpha value is -1.57. The van der Waals surface area contributed by atoms with Gasteiger partial charge in [-0.25, -0.2) is 9.78 Å². The first kappa shape index (κ1) is 19.2. The first-order valence-electron chi connectivity index (χ1n) is 9.83. The molecule has 0 aliphatic heterocycles. The van der Waals surface area contributed by atoms with Crippen LogP contribution in [0.3, 0.4) is 0 Å². The lowest BCUT2D eigenvalue weighted by Gasteiger charge is -2.22. The standard InChI is InChI=1S/C18H29N5O2S/c24-16(21-17(25)19-14-8-2-1-3-9-14)12-26-18-20-15(22-23-18)11-10-13-6-4-5-7-13/h13-14H,1-12H2,(H,20,22,23)(H2,19,21,24,25). The first-order valence-corrected chi connectivity index (χ1v) is 10.8. The molecule has 144 valence electrons. The summed E-state index contributed by atoms with van der Waals surface area (Å²) in [6.07, 6.45) is 12.9. The second kappa shape index (κ2) is 9.94. The normalized spacial score (nSPS) is 18.8. The summed E-state index contributed by atoms with van der Waals surface area (Å²) >= 11 is 1.25. The highest BCUT2D eigenvalue weighted by molar-refractivity contribution is 7.99. The molecule has 7 nitrogen and oxygen atoms in total. The maximum Gasteiger partial charge on any atom is 0.321 e. The van der Waals surface area contributed by atoms with Crippen molar-refractivity contribution >= 4 is 23.7 Å². The number of hydrogen-bond acceptors (Lipinski definition) is 5. The van der Waals surface area contributed by atoms with Crippen molar-refractivity contribution in [1.82, 2.24) is 25.8 Å². The number of H-pyrrole nitrogens is 1. The molecular formula is C18H29N5O2S. The molecule has 3 N–H and O–H groups in total. The molecule has 0 saturated heterocycles. The summed E-state index contributed by atoms with van der Waals surface area (Å²) in [4.78, 5) is 28.2. The van der Waals surface area contributed by atoms with Crippen molar-refractivity contribution in [2.45, 2.75) is 81.8 Å². The molecule has 1 aromatic heterocycles. The number of thioether (sulfide) groups is 1. The Bertz CT molecular complexity index is 594. The third kappa shape index (κ3) is 6.30. The number of urea groups is 1. The molecule has 2 fully saturated rings. The predicted octanol–water partition coefficient (Wildman–Crippen LogP) is 3.18. The van der Waals surface area contributed by atoms with E-state index in [4.69, 9.17) is 0 Å². The van der Waals surface area contributed by atoms with Crippen molar-refractivity contribution in [3.05, 3.63) is 5.82 Å². The van der Waals surface area contributed by atoms with E-state index in [1.807, 2.05) is 0 Å². The van der Waals surface area contributed by atoms with Gasteiger partial charge in [-0.15, -0.1) is 5.10 Å². The van der Waals surface area contributed by atoms with Crippen LogP contribution in [-0.4, -0.2) is 38.9 Å². The number of nitrogens with one attached hydrogen (secondary N) is 3. The van der Waals surface area contributed by atoms with Crippen molar-refractivity contribution < 1.29 is 9.59 Å². The van der Waals surface area contributed by atoms with Crippen molar-refractivity contribution in [3.8, 4) is 0 Å². The first-order chi connectivity index (χ1) is 12.7. The Morgan fingerprint density at radius 1 is 1.08 bits per heavy atom. The minimum Gasteiger partial charge on any atom is -0.335 e. The van der Waals surface area contributed by atoms with E-state index in [9.17, 15) is 9.59 Å². The number of rotatable bonds is 7. The van der Waals surface area contributed by atoms with E-state index in [2.05, 4.69) is 25.8 Å². The van der Waals surface area contributed by atoms with Gasteiger partial charge in [0, 0.05) is 12.5 Å². The van der Waals surface area contributed by atoms with Crippen molar-refractivity contribution in [2.75, 3.05) is 5.75 Å². The predicted molar refractivity (Wildman–Crippen MR) is 101 cm³/mol. The van der Waals surface area contributed by atoms with E-state index in [-0.39, 0.29) is 17.7 Å². The zero-order valence-electron chi connectivity index (χ0n) is 15.3. The molecule has 2 aliphatic rings. The van der Waals surface area contributed by atoms with E-state index in [0.29, 0.717) is 5.16 Å². The van der Waals surface area contributed by atoms with Crippen LogP contribution >= 0.6 is 11.8 Å². The average Bonchev–Trinajstić information content (AvgIpc) is 3.31. The molecule has 3 rings (SSSR count).